The van der Waals surface area contributed by atoms with Gasteiger partial charge in [0.2, 0.25) is 0 Å². The molecular weight excluding hydrogens is 248 g/mol. The third-order valence-corrected chi connectivity index (χ3v) is 2.88. The maximum Gasteiger partial charge on any atom is 0.336 e. The van der Waals surface area contributed by atoms with Gasteiger partial charge in [0.25, 0.3) is 0 Å². The van der Waals surface area contributed by atoms with Crippen LogP contribution in [0.25, 0.3) is 11.0 Å². The molecule has 0 fully saturated rings. The topological polar surface area (TPSA) is 87.7 Å². The standard InChI is InChI=1S/C14H12O5/c1-3-7(2)13(18)12-10(16)6-9(15)8-4-5-11(17)19-14(8)12/h3-6,15-16H,1-2H3/b7-3+. The Morgan fingerprint density at radius 2 is 1.95 bits per heavy atom. The lowest BCUT2D eigenvalue weighted by Gasteiger charge is -2.08. The van der Waals surface area contributed by atoms with Crippen molar-refractivity contribution in [3.8, 4) is 11.5 Å². The minimum Gasteiger partial charge on any atom is -0.507 e. The minimum atomic E-state index is -0.662. The molecule has 0 saturated heterocycles. The van der Waals surface area contributed by atoms with Gasteiger partial charge in [-0.25, -0.2) is 4.79 Å². The Balaban J connectivity index is 2.90. The van der Waals surface area contributed by atoms with Crippen LogP contribution in [0.5, 0.6) is 11.5 Å². The fraction of sp³-hybridized carbons (Fsp3) is 0.143. The molecule has 0 aliphatic carbocycles. The zero-order valence-corrected chi connectivity index (χ0v) is 10.4. The van der Waals surface area contributed by atoms with Crippen molar-refractivity contribution in [2.75, 3.05) is 0 Å². The van der Waals surface area contributed by atoms with Crippen molar-refractivity contribution in [3.05, 3.63) is 45.8 Å². The van der Waals surface area contributed by atoms with Crippen LogP contribution in [0.2, 0.25) is 0 Å². The van der Waals surface area contributed by atoms with Gasteiger partial charge in [-0.2, -0.15) is 0 Å². The van der Waals surface area contributed by atoms with Crippen LogP contribution < -0.4 is 5.63 Å². The first-order chi connectivity index (χ1) is 8.95. The summed E-state index contributed by atoms with van der Waals surface area (Å²) >= 11 is 0. The van der Waals surface area contributed by atoms with Gasteiger partial charge in [-0.1, -0.05) is 6.08 Å². The number of allylic oxidation sites excluding steroid dienone is 2. The van der Waals surface area contributed by atoms with Crippen molar-refractivity contribution >= 4 is 16.8 Å². The highest BCUT2D eigenvalue weighted by Crippen LogP contribution is 2.34. The summed E-state index contributed by atoms with van der Waals surface area (Å²) in [6, 6.07) is 3.53. The monoisotopic (exact) mass is 260 g/mol. The average Bonchev–Trinajstić information content (AvgIpc) is 2.37. The molecular formula is C14H12O5. The number of aromatic hydroxyl groups is 2. The summed E-state index contributed by atoms with van der Waals surface area (Å²) in [6.45, 7) is 3.27. The molecule has 0 atom stereocenters. The highest BCUT2D eigenvalue weighted by Gasteiger charge is 2.21. The van der Waals surface area contributed by atoms with Gasteiger partial charge in [0.15, 0.2) is 11.4 Å². The molecule has 1 aromatic heterocycles. The maximum atomic E-state index is 12.2. The quantitative estimate of drug-likeness (QED) is 0.491. The minimum absolute atomic E-state index is 0.115. The zero-order valence-electron chi connectivity index (χ0n) is 10.4. The Hall–Kier alpha value is -2.56. The van der Waals surface area contributed by atoms with Crippen molar-refractivity contribution in [2.45, 2.75) is 13.8 Å². The number of carbonyl (C=O) groups excluding carboxylic acids is 1. The van der Waals surface area contributed by atoms with Crippen LogP contribution in [0.3, 0.4) is 0 Å². The molecule has 19 heavy (non-hydrogen) atoms. The number of hydrogen-bond donors (Lipinski definition) is 2. The fourth-order valence-corrected chi connectivity index (χ4v) is 1.75. The summed E-state index contributed by atoms with van der Waals surface area (Å²) in [5.41, 5.74) is -0.504. The van der Waals surface area contributed by atoms with Crippen LogP contribution in [0, 0.1) is 0 Å². The second-order valence-electron chi connectivity index (χ2n) is 4.09. The van der Waals surface area contributed by atoms with E-state index in [1.54, 1.807) is 19.9 Å². The molecule has 2 aromatic rings. The van der Waals surface area contributed by atoms with E-state index < -0.39 is 17.2 Å². The highest BCUT2D eigenvalue weighted by atomic mass is 16.4. The molecule has 1 heterocycles. The Kier molecular flexibility index (Phi) is 3.12. The molecule has 0 bridgehead atoms. The number of carbonyl (C=O) groups is 1. The van der Waals surface area contributed by atoms with Crippen molar-refractivity contribution in [1.29, 1.82) is 0 Å². The van der Waals surface area contributed by atoms with Gasteiger partial charge in [0.1, 0.15) is 17.1 Å². The summed E-state index contributed by atoms with van der Waals surface area (Å²) in [5.74, 6) is -1.14. The summed E-state index contributed by atoms with van der Waals surface area (Å²) in [7, 11) is 0. The van der Waals surface area contributed by atoms with Crippen LogP contribution in [0.4, 0.5) is 0 Å². The van der Waals surface area contributed by atoms with Crippen LogP contribution >= 0.6 is 0 Å². The number of hydrogen-bond acceptors (Lipinski definition) is 5. The van der Waals surface area contributed by atoms with Crippen molar-refractivity contribution in [2.24, 2.45) is 0 Å². The fourth-order valence-electron chi connectivity index (χ4n) is 1.75. The van der Waals surface area contributed by atoms with Crippen LogP contribution in [0.1, 0.15) is 24.2 Å². The van der Waals surface area contributed by atoms with E-state index in [9.17, 15) is 19.8 Å². The van der Waals surface area contributed by atoms with Gasteiger partial charge in [0.05, 0.1) is 5.39 Å². The second kappa shape index (κ2) is 4.61. The molecule has 0 saturated carbocycles. The number of rotatable bonds is 2. The molecule has 2 rings (SSSR count). The van der Waals surface area contributed by atoms with Crippen molar-refractivity contribution in [1.82, 2.24) is 0 Å². The van der Waals surface area contributed by atoms with E-state index in [0.717, 1.165) is 12.1 Å². The van der Waals surface area contributed by atoms with Gasteiger partial charge < -0.3 is 14.6 Å². The Morgan fingerprint density at radius 3 is 2.58 bits per heavy atom. The largest absolute Gasteiger partial charge is 0.507 e. The van der Waals surface area contributed by atoms with E-state index in [1.807, 2.05) is 0 Å². The summed E-state index contributed by atoms with van der Waals surface area (Å²) in [5, 5.41) is 19.7. The SMILES string of the molecule is C/C=C(\C)C(=O)c1c(O)cc(O)c2ccc(=O)oc12. The van der Waals surface area contributed by atoms with E-state index in [0.29, 0.717) is 5.57 Å². The lowest BCUT2D eigenvalue weighted by atomic mass is 10.0. The lowest BCUT2D eigenvalue weighted by Crippen LogP contribution is -2.05. The molecule has 2 N–H and O–H groups in total. The van der Waals surface area contributed by atoms with E-state index >= 15 is 0 Å². The van der Waals surface area contributed by atoms with E-state index in [1.165, 1.54) is 6.07 Å². The molecule has 0 amide bonds. The first-order valence-electron chi connectivity index (χ1n) is 5.62. The molecule has 0 spiro atoms. The number of fused-ring (bicyclic) bond motifs is 1. The number of phenolic OH excluding ortho intramolecular Hbond substituents is 2. The number of ketones is 1. The number of phenols is 2. The first kappa shape index (κ1) is 12.9. The zero-order chi connectivity index (χ0) is 14.2. The molecule has 5 nitrogen and oxygen atoms in total. The van der Waals surface area contributed by atoms with Gasteiger partial charge in [-0.05, 0) is 25.5 Å². The summed E-state index contributed by atoms with van der Waals surface area (Å²) in [6.07, 6.45) is 1.58. The lowest BCUT2D eigenvalue weighted by molar-refractivity contribution is 0.103. The van der Waals surface area contributed by atoms with Crippen molar-refractivity contribution in [3.63, 3.8) is 0 Å². The predicted molar refractivity (Wildman–Crippen MR) is 69.6 cm³/mol. The Morgan fingerprint density at radius 1 is 1.26 bits per heavy atom. The van der Waals surface area contributed by atoms with E-state index in [-0.39, 0.29) is 22.3 Å². The van der Waals surface area contributed by atoms with Gasteiger partial charge in [-0.3, -0.25) is 4.79 Å². The molecule has 0 aliphatic heterocycles. The molecule has 98 valence electrons. The number of Topliss-reactive ketones (excluding diaryl/α,β-unsaturated/α-hetero) is 1. The number of benzene rings is 1. The maximum absolute atomic E-state index is 12.2. The van der Waals surface area contributed by atoms with Crippen LogP contribution in [0.15, 0.2) is 39.1 Å². The van der Waals surface area contributed by atoms with Crippen LogP contribution in [-0.4, -0.2) is 16.0 Å². The summed E-state index contributed by atoms with van der Waals surface area (Å²) < 4.78 is 4.95. The molecule has 0 radical (unpaired) electrons. The van der Waals surface area contributed by atoms with Gasteiger partial charge in [0, 0.05) is 12.1 Å². The Labute approximate surface area is 108 Å². The average molecular weight is 260 g/mol. The van der Waals surface area contributed by atoms with Crippen molar-refractivity contribution < 1.29 is 19.4 Å². The molecule has 1 aromatic carbocycles. The Bertz CT molecular complexity index is 752. The molecule has 0 aliphatic rings. The second-order valence-corrected chi connectivity index (χ2v) is 4.09. The molecule has 5 heteroatoms. The van der Waals surface area contributed by atoms with Gasteiger partial charge >= 0.3 is 5.63 Å². The van der Waals surface area contributed by atoms with Gasteiger partial charge in [-0.15, -0.1) is 0 Å². The summed E-state index contributed by atoms with van der Waals surface area (Å²) in [4.78, 5) is 23.4. The smallest absolute Gasteiger partial charge is 0.336 e. The van der Waals surface area contributed by atoms with Crippen LogP contribution in [-0.2, 0) is 0 Å². The van der Waals surface area contributed by atoms with E-state index in [4.69, 9.17) is 4.42 Å². The molecule has 0 unspecified atom stereocenters. The third-order valence-electron chi connectivity index (χ3n) is 2.88. The normalized spacial score (nSPS) is 11.8. The van der Waals surface area contributed by atoms with E-state index in [2.05, 4.69) is 0 Å². The third kappa shape index (κ3) is 2.10. The first-order valence-corrected chi connectivity index (χ1v) is 5.62. The predicted octanol–water partition coefficient (Wildman–Crippen LogP) is 2.35. The highest BCUT2D eigenvalue weighted by molar-refractivity contribution is 6.17.